The Balaban J connectivity index is 2.48. The first-order chi connectivity index (χ1) is 8.06. The Morgan fingerprint density at radius 1 is 1.18 bits per heavy atom. The Labute approximate surface area is 108 Å². The number of unbranched alkanes of at least 4 members (excludes halogenated alkanes) is 1. The standard InChI is InChI=1S/C12H18O3S2/c1-11-5-7-12(8-6-11)17(13,14)15-9-3-4-10-16-2/h5-8H,3-4,9-10H2,1-2H3. The Kier molecular flexibility index (Phi) is 6.02. The summed E-state index contributed by atoms with van der Waals surface area (Å²) in [6.45, 7) is 2.18. The van der Waals surface area contributed by atoms with Crippen molar-refractivity contribution >= 4 is 21.9 Å². The van der Waals surface area contributed by atoms with Gasteiger partial charge in [0.1, 0.15) is 0 Å². The van der Waals surface area contributed by atoms with Crippen LogP contribution in [0.5, 0.6) is 0 Å². The first-order valence-electron chi connectivity index (χ1n) is 5.51. The molecule has 0 atom stereocenters. The highest BCUT2D eigenvalue weighted by molar-refractivity contribution is 7.98. The molecule has 17 heavy (non-hydrogen) atoms. The molecule has 0 aliphatic rings. The third-order valence-corrected chi connectivity index (χ3v) is 4.31. The first kappa shape index (κ1) is 14.5. The highest BCUT2D eigenvalue weighted by Gasteiger charge is 2.13. The lowest BCUT2D eigenvalue weighted by Crippen LogP contribution is -2.07. The van der Waals surface area contributed by atoms with Crippen LogP contribution in [-0.2, 0) is 14.3 Å². The molecule has 1 aromatic rings. The van der Waals surface area contributed by atoms with Crippen LogP contribution in [0.4, 0.5) is 0 Å². The van der Waals surface area contributed by atoms with E-state index in [2.05, 4.69) is 0 Å². The van der Waals surface area contributed by atoms with E-state index in [1.807, 2.05) is 13.2 Å². The van der Waals surface area contributed by atoms with E-state index < -0.39 is 10.1 Å². The molecule has 0 radical (unpaired) electrons. The molecule has 1 aromatic carbocycles. The number of aryl methyl sites for hydroxylation is 1. The van der Waals surface area contributed by atoms with Crippen LogP contribution in [-0.4, -0.2) is 27.0 Å². The van der Waals surface area contributed by atoms with Gasteiger partial charge in [0.25, 0.3) is 10.1 Å². The van der Waals surface area contributed by atoms with Crippen LogP contribution in [0.3, 0.4) is 0 Å². The molecule has 0 fully saturated rings. The maximum absolute atomic E-state index is 11.7. The van der Waals surface area contributed by atoms with Gasteiger partial charge in [-0.25, -0.2) is 0 Å². The van der Waals surface area contributed by atoms with Crippen molar-refractivity contribution in [2.24, 2.45) is 0 Å². The summed E-state index contributed by atoms with van der Waals surface area (Å²) in [4.78, 5) is 0.230. The van der Waals surface area contributed by atoms with Gasteiger partial charge in [-0.15, -0.1) is 0 Å². The monoisotopic (exact) mass is 274 g/mol. The van der Waals surface area contributed by atoms with E-state index in [4.69, 9.17) is 4.18 Å². The Morgan fingerprint density at radius 3 is 2.41 bits per heavy atom. The fourth-order valence-electron chi connectivity index (χ4n) is 1.29. The van der Waals surface area contributed by atoms with E-state index in [0.29, 0.717) is 0 Å². The van der Waals surface area contributed by atoms with Crippen LogP contribution in [0.2, 0.25) is 0 Å². The molecule has 1 rings (SSSR count). The average molecular weight is 274 g/mol. The van der Waals surface area contributed by atoms with Gasteiger partial charge in [0.05, 0.1) is 11.5 Å². The minimum absolute atomic E-state index is 0.230. The molecule has 0 aromatic heterocycles. The summed E-state index contributed by atoms with van der Waals surface area (Å²) < 4.78 is 28.5. The van der Waals surface area contributed by atoms with E-state index in [-0.39, 0.29) is 11.5 Å². The molecule has 0 heterocycles. The molecule has 0 amide bonds. The van der Waals surface area contributed by atoms with Crippen LogP contribution in [0.1, 0.15) is 18.4 Å². The van der Waals surface area contributed by atoms with Gasteiger partial charge in [0, 0.05) is 0 Å². The van der Waals surface area contributed by atoms with Gasteiger partial charge in [0.15, 0.2) is 0 Å². The average Bonchev–Trinajstić information content (AvgIpc) is 2.29. The van der Waals surface area contributed by atoms with Gasteiger partial charge in [-0.3, -0.25) is 4.18 Å². The van der Waals surface area contributed by atoms with Crippen LogP contribution in [0.25, 0.3) is 0 Å². The van der Waals surface area contributed by atoms with Crippen molar-refractivity contribution in [2.45, 2.75) is 24.7 Å². The molecule has 0 aliphatic carbocycles. The normalized spacial score (nSPS) is 11.6. The predicted molar refractivity (Wildman–Crippen MR) is 71.9 cm³/mol. The lowest BCUT2D eigenvalue weighted by Gasteiger charge is -2.05. The minimum atomic E-state index is -3.57. The van der Waals surface area contributed by atoms with Gasteiger partial charge < -0.3 is 0 Å². The van der Waals surface area contributed by atoms with Crippen molar-refractivity contribution in [2.75, 3.05) is 18.6 Å². The summed E-state index contributed by atoms with van der Waals surface area (Å²) in [7, 11) is -3.57. The van der Waals surface area contributed by atoms with E-state index in [0.717, 1.165) is 24.2 Å². The maximum Gasteiger partial charge on any atom is 0.296 e. The topological polar surface area (TPSA) is 43.4 Å². The number of hydrogen-bond acceptors (Lipinski definition) is 4. The Morgan fingerprint density at radius 2 is 1.82 bits per heavy atom. The minimum Gasteiger partial charge on any atom is -0.266 e. The smallest absolute Gasteiger partial charge is 0.266 e. The highest BCUT2D eigenvalue weighted by Crippen LogP contribution is 2.13. The van der Waals surface area contributed by atoms with Gasteiger partial charge >= 0.3 is 0 Å². The third kappa shape index (κ3) is 5.10. The fraction of sp³-hybridized carbons (Fsp3) is 0.500. The second-order valence-electron chi connectivity index (χ2n) is 3.79. The molecule has 0 saturated heterocycles. The molecular weight excluding hydrogens is 256 g/mol. The molecule has 0 N–H and O–H groups in total. The first-order valence-corrected chi connectivity index (χ1v) is 8.31. The summed E-state index contributed by atoms with van der Waals surface area (Å²) in [5, 5.41) is 0. The molecular formula is C12H18O3S2. The zero-order valence-electron chi connectivity index (χ0n) is 10.2. The van der Waals surface area contributed by atoms with Gasteiger partial charge in [-0.05, 0) is 43.9 Å². The Hall–Kier alpha value is -0.520. The molecule has 0 saturated carbocycles. The van der Waals surface area contributed by atoms with E-state index in [1.54, 1.807) is 36.0 Å². The molecule has 0 unspecified atom stereocenters. The van der Waals surface area contributed by atoms with Crippen LogP contribution < -0.4 is 0 Å². The van der Waals surface area contributed by atoms with Crippen molar-refractivity contribution in [1.82, 2.24) is 0 Å². The molecule has 0 bridgehead atoms. The molecule has 0 spiro atoms. The van der Waals surface area contributed by atoms with Crippen LogP contribution in [0.15, 0.2) is 29.2 Å². The summed E-state index contributed by atoms with van der Waals surface area (Å²) >= 11 is 1.75. The summed E-state index contributed by atoms with van der Waals surface area (Å²) in [6.07, 6.45) is 3.78. The third-order valence-electron chi connectivity index (χ3n) is 2.29. The molecule has 5 heteroatoms. The number of hydrogen-bond donors (Lipinski definition) is 0. The number of benzene rings is 1. The number of thioether (sulfide) groups is 1. The summed E-state index contributed by atoms with van der Waals surface area (Å²) in [6, 6.07) is 6.69. The zero-order chi connectivity index (χ0) is 12.7. The molecule has 0 aliphatic heterocycles. The predicted octanol–water partition coefficient (Wildman–Crippen LogP) is 2.84. The lowest BCUT2D eigenvalue weighted by molar-refractivity contribution is 0.311. The van der Waals surface area contributed by atoms with Gasteiger partial charge in [0.2, 0.25) is 0 Å². The number of rotatable bonds is 7. The SMILES string of the molecule is CSCCCCOS(=O)(=O)c1ccc(C)cc1. The fourth-order valence-corrected chi connectivity index (χ4v) is 2.73. The summed E-state index contributed by atoms with van der Waals surface area (Å²) in [5.74, 6) is 1.04. The van der Waals surface area contributed by atoms with E-state index in [1.165, 1.54) is 0 Å². The zero-order valence-corrected chi connectivity index (χ0v) is 11.8. The Bertz CT molecular complexity index is 424. The molecule has 3 nitrogen and oxygen atoms in total. The molecule has 96 valence electrons. The van der Waals surface area contributed by atoms with Crippen molar-refractivity contribution < 1.29 is 12.6 Å². The van der Waals surface area contributed by atoms with Gasteiger partial charge in [-0.1, -0.05) is 17.7 Å². The van der Waals surface area contributed by atoms with Crippen molar-refractivity contribution in [3.05, 3.63) is 29.8 Å². The second-order valence-corrected chi connectivity index (χ2v) is 6.39. The van der Waals surface area contributed by atoms with Crippen molar-refractivity contribution in [3.63, 3.8) is 0 Å². The van der Waals surface area contributed by atoms with Gasteiger partial charge in [-0.2, -0.15) is 20.2 Å². The van der Waals surface area contributed by atoms with Crippen LogP contribution in [0, 0.1) is 6.92 Å². The van der Waals surface area contributed by atoms with E-state index in [9.17, 15) is 8.42 Å². The largest absolute Gasteiger partial charge is 0.296 e. The van der Waals surface area contributed by atoms with E-state index >= 15 is 0 Å². The van der Waals surface area contributed by atoms with Crippen LogP contribution >= 0.6 is 11.8 Å². The highest BCUT2D eigenvalue weighted by atomic mass is 32.2. The maximum atomic E-state index is 11.7. The van der Waals surface area contributed by atoms with Crippen molar-refractivity contribution in [3.8, 4) is 0 Å². The summed E-state index contributed by atoms with van der Waals surface area (Å²) in [5.41, 5.74) is 1.03. The lowest BCUT2D eigenvalue weighted by atomic mass is 10.2. The second kappa shape index (κ2) is 7.03. The quantitative estimate of drug-likeness (QED) is 0.566. The van der Waals surface area contributed by atoms with Crippen molar-refractivity contribution in [1.29, 1.82) is 0 Å².